The van der Waals surface area contributed by atoms with E-state index < -0.39 is 23.1 Å². The third kappa shape index (κ3) is 3.02. The number of nitrogens with zero attached hydrogens (tertiary/aromatic N) is 1. The van der Waals surface area contributed by atoms with Crippen molar-refractivity contribution in [2.75, 3.05) is 0 Å². The molecule has 0 saturated heterocycles. The van der Waals surface area contributed by atoms with Crippen LogP contribution in [0.3, 0.4) is 0 Å². The summed E-state index contributed by atoms with van der Waals surface area (Å²) in [5.41, 5.74) is -1.13. The van der Waals surface area contributed by atoms with Crippen molar-refractivity contribution in [3.05, 3.63) is 51.7 Å². The van der Waals surface area contributed by atoms with Gasteiger partial charge in [-0.25, -0.2) is 4.98 Å². The largest absolute Gasteiger partial charge is 0.447 e. The monoisotopic (exact) mass is 311 g/mol. The van der Waals surface area contributed by atoms with E-state index in [1.165, 1.54) is 12.1 Å². The van der Waals surface area contributed by atoms with Crippen molar-refractivity contribution in [2.45, 2.75) is 12.3 Å². The molecule has 0 aliphatic heterocycles. The molecule has 102 valence electrons. The number of aromatic nitrogens is 1. The Bertz CT molecular complexity index is 598. The Morgan fingerprint density at radius 1 is 1.16 bits per heavy atom. The highest BCUT2D eigenvalue weighted by molar-refractivity contribution is 6.30. The minimum absolute atomic E-state index is 0.000633. The molecule has 8 heteroatoms. The SMILES string of the molecule is OC(c1ccc(Cl)o1)c1ccc(C(F)(F)F)nc1Cl. The summed E-state index contributed by atoms with van der Waals surface area (Å²) in [5.74, 6) is 0.0634. The quantitative estimate of drug-likeness (QED) is 0.850. The second-order valence-corrected chi connectivity index (χ2v) is 4.35. The predicted molar refractivity (Wildman–Crippen MR) is 62.0 cm³/mol. The van der Waals surface area contributed by atoms with Crippen LogP contribution >= 0.6 is 23.2 Å². The maximum atomic E-state index is 12.4. The van der Waals surface area contributed by atoms with Crippen molar-refractivity contribution in [1.82, 2.24) is 4.98 Å². The fourth-order valence-electron chi connectivity index (χ4n) is 1.44. The van der Waals surface area contributed by atoms with E-state index in [4.69, 9.17) is 27.6 Å². The summed E-state index contributed by atoms with van der Waals surface area (Å²) >= 11 is 11.2. The van der Waals surface area contributed by atoms with Crippen LogP contribution in [0.1, 0.15) is 23.1 Å². The van der Waals surface area contributed by atoms with Gasteiger partial charge in [-0.2, -0.15) is 13.2 Å². The van der Waals surface area contributed by atoms with Crippen molar-refractivity contribution in [3.8, 4) is 0 Å². The van der Waals surface area contributed by atoms with Crippen LogP contribution in [0, 0.1) is 0 Å². The Morgan fingerprint density at radius 2 is 1.84 bits per heavy atom. The van der Waals surface area contributed by atoms with Gasteiger partial charge in [-0.15, -0.1) is 0 Å². The molecular weight excluding hydrogens is 306 g/mol. The van der Waals surface area contributed by atoms with E-state index in [0.29, 0.717) is 0 Å². The second-order valence-electron chi connectivity index (χ2n) is 3.62. The van der Waals surface area contributed by atoms with Gasteiger partial charge in [-0.05, 0) is 29.8 Å². The molecule has 0 saturated carbocycles. The highest BCUT2D eigenvalue weighted by atomic mass is 35.5. The molecule has 1 N–H and O–H groups in total. The van der Waals surface area contributed by atoms with E-state index in [1.807, 2.05) is 0 Å². The molecule has 2 aromatic rings. The maximum Gasteiger partial charge on any atom is 0.433 e. The highest BCUT2D eigenvalue weighted by Gasteiger charge is 2.33. The normalized spacial score (nSPS) is 13.6. The summed E-state index contributed by atoms with van der Waals surface area (Å²) in [4.78, 5) is 3.20. The van der Waals surface area contributed by atoms with Crippen molar-refractivity contribution in [1.29, 1.82) is 0 Å². The molecule has 1 unspecified atom stereocenters. The zero-order valence-electron chi connectivity index (χ0n) is 9.08. The highest BCUT2D eigenvalue weighted by Crippen LogP contribution is 2.33. The third-order valence-corrected chi connectivity index (χ3v) is 2.83. The summed E-state index contributed by atoms with van der Waals surface area (Å²) in [5, 5.41) is 9.52. The first-order valence-electron chi connectivity index (χ1n) is 4.96. The van der Waals surface area contributed by atoms with Crippen molar-refractivity contribution in [3.63, 3.8) is 0 Å². The molecule has 19 heavy (non-hydrogen) atoms. The number of rotatable bonds is 2. The van der Waals surface area contributed by atoms with Crippen LogP contribution in [-0.4, -0.2) is 10.1 Å². The van der Waals surface area contributed by atoms with E-state index in [-0.39, 0.29) is 16.5 Å². The summed E-state index contributed by atoms with van der Waals surface area (Å²) < 4.78 is 42.2. The van der Waals surface area contributed by atoms with Crippen LogP contribution in [0.4, 0.5) is 13.2 Å². The van der Waals surface area contributed by atoms with E-state index in [1.54, 1.807) is 0 Å². The molecule has 2 heterocycles. The van der Waals surface area contributed by atoms with Gasteiger partial charge in [-0.1, -0.05) is 17.7 Å². The molecule has 0 aromatic carbocycles. The van der Waals surface area contributed by atoms with Crippen LogP contribution in [0.5, 0.6) is 0 Å². The summed E-state index contributed by atoms with van der Waals surface area (Å²) in [6, 6.07) is 4.56. The number of alkyl halides is 3. The first kappa shape index (κ1) is 14.2. The Balaban J connectivity index is 2.36. The summed E-state index contributed by atoms with van der Waals surface area (Å²) in [6.45, 7) is 0. The van der Waals surface area contributed by atoms with Crippen molar-refractivity contribution in [2.24, 2.45) is 0 Å². The third-order valence-electron chi connectivity index (χ3n) is 2.33. The lowest BCUT2D eigenvalue weighted by atomic mass is 10.1. The van der Waals surface area contributed by atoms with Gasteiger partial charge in [0.2, 0.25) is 0 Å². The standard InChI is InChI=1S/C11H6Cl2F3NO2/c12-8-4-2-6(19-8)9(18)5-1-3-7(11(14,15)16)17-10(5)13/h1-4,9,18H. The summed E-state index contributed by atoms with van der Waals surface area (Å²) in [6.07, 6.45) is -5.93. The predicted octanol–water partition coefficient (Wildman–Crippen LogP) is 4.08. The zero-order chi connectivity index (χ0) is 14.2. The molecule has 0 spiro atoms. The van der Waals surface area contributed by atoms with Crippen LogP contribution in [0.2, 0.25) is 10.4 Å². The van der Waals surface area contributed by atoms with Gasteiger partial charge in [-0.3, -0.25) is 0 Å². The molecular formula is C11H6Cl2F3NO2. The fourth-order valence-corrected chi connectivity index (χ4v) is 1.84. The van der Waals surface area contributed by atoms with Crippen molar-refractivity contribution < 1.29 is 22.7 Å². The fraction of sp³-hybridized carbons (Fsp3) is 0.182. The number of furan rings is 1. The number of hydrogen-bond acceptors (Lipinski definition) is 3. The van der Waals surface area contributed by atoms with Gasteiger partial charge >= 0.3 is 6.18 Å². The molecule has 0 aliphatic carbocycles. The first-order valence-corrected chi connectivity index (χ1v) is 5.71. The summed E-state index contributed by atoms with van der Waals surface area (Å²) in [7, 11) is 0. The number of aliphatic hydroxyl groups is 1. The molecule has 0 amide bonds. The smallest absolute Gasteiger partial charge is 0.433 e. The van der Waals surface area contributed by atoms with Gasteiger partial charge in [0, 0.05) is 5.56 Å². The zero-order valence-corrected chi connectivity index (χ0v) is 10.6. The number of pyridine rings is 1. The molecule has 3 nitrogen and oxygen atoms in total. The molecule has 2 aromatic heterocycles. The number of hydrogen-bond donors (Lipinski definition) is 1. The average molecular weight is 312 g/mol. The lowest BCUT2D eigenvalue weighted by molar-refractivity contribution is -0.141. The molecule has 0 bridgehead atoms. The first-order chi connectivity index (χ1) is 8.79. The molecule has 2 rings (SSSR count). The van der Waals surface area contributed by atoms with Gasteiger partial charge < -0.3 is 9.52 Å². The molecule has 0 fully saturated rings. The molecule has 0 radical (unpaired) electrons. The number of aliphatic hydroxyl groups excluding tert-OH is 1. The van der Waals surface area contributed by atoms with E-state index in [2.05, 4.69) is 4.98 Å². The van der Waals surface area contributed by atoms with Crippen LogP contribution in [0.25, 0.3) is 0 Å². The minimum Gasteiger partial charge on any atom is -0.447 e. The van der Waals surface area contributed by atoms with E-state index in [0.717, 1.165) is 12.1 Å². The van der Waals surface area contributed by atoms with Gasteiger partial charge in [0.15, 0.2) is 5.22 Å². The topological polar surface area (TPSA) is 46.3 Å². The van der Waals surface area contributed by atoms with E-state index in [9.17, 15) is 18.3 Å². The van der Waals surface area contributed by atoms with Gasteiger partial charge in [0.1, 0.15) is 22.7 Å². The van der Waals surface area contributed by atoms with Gasteiger partial charge in [0.05, 0.1) is 0 Å². The Hall–Kier alpha value is -1.24. The lowest BCUT2D eigenvalue weighted by Gasteiger charge is -2.12. The van der Waals surface area contributed by atoms with Crippen LogP contribution in [-0.2, 0) is 6.18 Å². The lowest BCUT2D eigenvalue weighted by Crippen LogP contribution is -2.10. The molecule has 1 atom stereocenters. The van der Waals surface area contributed by atoms with Gasteiger partial charge in [0.25, 0.3) is 0 Å². The Kier molecular flexibility index (Phi) is 3.75. The van der Waals surface area contributed by atoms with Crippen LogP contribution in [0.15, 0.2) is 28.7 Å². The average Bonchev–Trinajstić information content (AvgIpc) is 2.73. The van der Waals surface area contributed by atoms with Crippen LogP contribution < -0.4 is 0 Å². The Morgan fingerprint density at radius 3 is 2.32 bits per heavy atom. The molecule has 0 aliphatic rings. The number of halogens is 5. The van der Waals surface area contributed by atoms with Crippen molar-refractivity contribution >= 4 is 23.2 Å². The second kappa shape index (κ2) is 5.03. The maximum absolute atomic E-state index is 12.4. The minimum atomic E-state index is -4.60. The Labute approximate surface area is 115 Å². The van der Waals surface area contributed by atoms with E-state index >= 15 is 0 Å².